The number of carbonyl (C=O) groups is 2. The second kappa shape index (κ2) is 9.45. The van der Waals surface area contributed by atoms with Crippen molar-refractivity contribution in [2.24, 2.45) is 0 Å². The predicted molar refractivity (Wildman–Crippen MR) is 109 cm³/mol. The van der Waals surface area contributed by atoms with Crippen LogP contribution in [0.15, 0.2) is 47.4 Å². The Labute approximate surface area is 178 Å². The molecule has 2 aromatic rings. The second-order valence-corrected chi connectivity index (χ2v) is 9.09. The molecule has 0 heterocycles. The summed E-state index contributed by atoms with van der Waals surface area (Å²) in [5, 5.41) is 0.658. The lowest BCUT2D eigenvalue weighted by Crippen LogP contribution is -2.47. The van der Waals surface area contributed by atoms with Crippen LogP contribution in [0.2, 0.25) is 10.0 Å². The van der Waals surface area contributed by atoms with Gasteiger partial charge in [-0.15, -0.1) is 0 Å². The van der Waals surface area contributed by atoms with Crippen LogP contribution in [0.5, 0.6) is 5.75 Å². The molecule has 0 radical (unpaired) electrons. The number of sulfonamides is 1. The standard InChI is InChI=1S/C18H19Cl2N3O5S/c1-11(28-16-8-7-13(19)10-15(16)20)17(24)21-22-18(25)12-5-4-6-14(9-12)29(26,27)23(2)3/h4-11H,1-3H3,(H,21,24)(H,22,25). The van der Waals surface area contributed by atoms with Gasteiger partial charge in [0.1, 0.15) is 5.75 Å². The summed E-state index contributed by atoms with van der Waals surface area (Å²) in [5.74, 6) is -1.07. The molecule has 0 spiro atoms. The molecular formula is C18H19Cl2N3O5S. The molecule has 2 rings (SSSR count). The van der Waals surface area contributed by atoms with E-state index in [1.54, 1.807) is 6.07 Å². The molecule has 1 unspecified atom stereocenters. The SMILES string of the molecule is CC(Oc1ccc(Cl)cc1Cl)C(=O)NNC(=O)c1cccc(S(=O)(=O)N(C)C)c1. The predicted octanol–water partition coefficient (Wildman–Crippen LogP) is 2.47. The number of nitrogens with one attached hydrogen (secondary N) is 2. The number of benzene rings is 2. The Balaban J connectivity index is 2.00. The zero-order chi connectivity index (χ0) is 21.8. The highest BCUT2D eigenvalue weighted by Crippen LogP contribution is 2.28. The average Bonchev–Trinajstić information content (AvgIpc) is 2.67. The summed E-state index contributed by atoms with van der Waals surface area (Å²) in [6.07, 6.45) is -0.977. The minimum atomic E-state index is -3.70. The second-order valence-electron chi connectivity index (χ2n) is 6.09. The normalized spacial score (nSPS) is 12.3. The van der Waals surface area contributed by atoms with E-state index in [0.29, 0.717) is 5.02 Å². The number of amides is 2. The zero-order valence-electron chi connectivity index (χ0n) is 15.8. The Hall–Kier alpha value is -2.33. The highest BCUT2D eigenvalue weighted by molar-refractivity contribution is 7.89. The molecule has 2 N–H and O–H groups in total. The first kappa shape index (κ1) is 23.0. The summed E-state index contributed by atoms with van der Waals surface area (Å²) in [6, 6.07) is 9.99. The molecule has 0 aliphatic carbocycles. The maximum atomic E-state index is 12.3. The van der Waals surface area contributed by atoms with E-state index in [9.17, 15) is 18.0 Å². The topological polar surface area (TPSA) is 105 Å². The smallest absolute Gasteiger partial charge is 0.279 e. The third-order valence-corrected chi connectivity index (χ3v) is 6.08. The first-order valence-electron chi connectivity index (χ1n) is 8.27. The Bertz CT molecular complexity index is 1030. The fourth-order valence-electron chi connectivity index (χ4n) is 2.12. The van der Waals surface area contributed by atoms with Gasteiger partial charge in [-0.25, -0.2) is 12.7 Å². The van der Waals surface area contributed by atoms with Gasteiger partial charge in [0.05, 0.1) is 9.92 Å². The molecule has 156 valence electrons. The average molecular weight is 460 g/mol. The van der Waals surface area contributed by atoms with Gasteiger partial charge in [0.15, 0.2) is 6.10 Å². The summed E-state index contributed by atoms with van der Waals surface area (Å²) in [4.78, 5) is 24.4. The van der Waals surface area contributed by atoms with Gasteiger partial charge in [-0.05, 0) is 43.3 Å². The van der Waals surface area contributed by atoms with Crippen molar-refractivity contribution < 1.29 is 22.7 Å². The van der Waals surface area contributed by atoms with E-state index in [2.05, 4.69) is 10.9 Å². The van der Waals surface area contributed by atoms with Crippen molar-refractivity contribution in [1.82, 2.24) is 15.2 Å². The lowest BCUT2D eigenvalue weighted by atomic mass is 10.2. The van der Waals surface area contributed by atoms with Gasteiger partial charge in [-0.2, -0.15) is 0 Å². The van der Waals surface area contributed by atoms with Crippen molar-refractivity contribution in [3.63, 3.8) is 0 Å². The molecule has 0 aliphatic rings. The Morgan fingerprint density at radius 2 is 1.76 bits per heavy atom. The lowest BCUT2D eigenvalue weighted by Gasteiger charge is -2.16. The summed E-state index contributed by atoms with van der Waals surface area (Å²) in [5.41, 5.74) is 4.49. The monoisotopic (exact) mass is 459 g/mol. The van der Waals surface area contributed by atoms with Crippen molar-refractivity contribution in [1.29, 1.82) is 0 Å². The quantitative estimate of drug-likeness (QED) is 0.645. The number of halogens is 2. The van der Waals surface area contributed by atoms with Gasteiger partial charge in [0.2, 0.25) is 10.0 Å². The maximum Gasteiger partial charge on any atom is 0.279 e. The first-order chi connectivity index (χ1) is 13.5. The number of hydrazine groups is 1. The van der Waals surface area contributed by atoms with Crippen LogP contribution in [0, 0.1) is 0 Å². The highest BCUT2D eigenvalue weighted by Gasteiger charge is 2.20. The summed E-state index contributed by atoms with van der Waals surface area (Å²) >= 11 is 11.8. The molecule has 0 fully saturated rings. The van der Waals surface area contributed by atoms with Gasteiger partial charge < -0.3 is 4.74 Å². The molecule has 0 saturated carbocycles. The third kappa shape index (κ3) is 5.83. The molecule has 0 aliphatic heterocycles. The van der Waals surface area contributed by atoms with Crippen LogP contribution in [0.4, 0.5) is 0 Å². The molecule has 2 amide bonds. The first-order valence-corrected chi connectivity index (χ1v) is 10.5. The van der Waals surface area contributed by atoms with Gasteiger partial charge >= 0.3 is 0 Å². The molecule has 0 aromatic heterocycles. The molecule has 1 atom stereocenters. The van der Waals surface area contributed by atoms with Crippen LogP contribution in [0.25, 0.3) is 0 Å². The summed E-state index contributed by atoms with van der Waals surface area (Å²) < 4.78 is 30.8. The Morgan fingerprint density at radius 3 is 2.38 bits per heavy atom. The molecule has 0 saturated heterocycles. The van der Waals surface area contributed by atoms with E-state index in [1.807, 2.05) is 0 Å². The van der Waals surface area contributed by atoms with Gasteiger partial charge in [-0.3, -0.25) is 20.4 Å². The van der Waals surface area contributed by atoms with E-state index in [4.69, 9.17) is 27.9 Å². The van der Waals surface area contributed by atoms with Crippen molar-refractivity contribution in [3.05, 3.63) is 58.1 Å². The molecule has 29 heavy (non-hydrogen) atoms. The van der Waals surface area contributed by atoms with Crippen LogP contribution >= 0.6 is 23.2 Å². The third-order valence-electron chi connectivity index (χ3n) is 3.74. The zero-order valence-corrected chi connectivity index (χ0v) is 18.1. The van der Waals surface area contributed by atoms with Gasteiger partial charge in [0, 0.05) is 24.7 Å². The van der Waals surface area contributed by atoms with Crippen molar-refractivity contribution in [2.75, 3.05) is 14.1 Å². The minimum Gasteiger partial charge on any atom is -0.479 e. The van der Waals surface area contributed by atoms with Crippen LogP contribution in [-0.4, -0.2) is 44.7 Å². The number of rotatable bonds is 6. The fourth-order valence-corrected chi connectivity index (χ4v) is 3.52. The number of carbonyl (C=O) groups excluding carboxylic acids is 2. The van der Waals surface area contributed by atoms with Crippen molar-refractivity contribution in [2.45, 2.75) is 17.9 Å². The van der Waals surface area contributed by atoms with E-state index in [-0.39, 0.29) is 21.2 Å². The van der Waals surface area contributed by atoms with Crippen molar-refractivity contribution >= 4 is 45.0 Å². The van der Waals surface area contributed by atoms with Crippen molar-refractivity contribution in [3.8, 4) is 5.75 Å². The minimum absolute atomic E-state index is 0.0458. The lowest BCUT2D eigenvalue weighted by molar-refractivity contribution is -0.128. The highest BCUT2D eigenvalue weighted by atomic mass is 35.5. The van der Waals surface area contributed by atoms with Crippen LogP contribution in [-0.2, 0) is 14.8 Å². The molecular weight excluding hydrogens is 441 g/mol. The van der Waals surface area contributed by atoms with Crippen LogP contribution < -0.4 is 15.6 Å². The summed E-state index contributed by atoms with van der Waals surface area (Å²) in [7, 11) is -0.924. The van der Waals surface area contributed by atoms with E-state index >= 15 is 0 Å². The molecule has 11 heteroatoms. The molecule has 2 aromatic carbocycles. The number of ether oxygens (including phenoxy) is 1. The Kier molecular flexibility index (Phi) is 7.48. The van der Waals surface area contributed by atoms with Gasteiger partial charge in [0.25, 0.3) is 11.8 Å². The van der Waals surface area contributed by atoms with E-state index in [0.717, 1.165) is 4.31 Å². The number of nitrogens with zero attached hydrogens (tertiary/aromatic N) is 1. The molecule has 0 bridgehead atoms. The van der Waals surface area contributed by atoms with E-state index < -0.39 is 27.9 Å². The number of hydrogen-bond donors (Lipinski definition) is 2. The maximum absolute atomic E-state index is 12.3. The van der Waals surface area contributed by atoms with E-state index in [1.165, 1.54) is 57.4 Å². The fraction of sp³-hybridized carbons (Fsp3) is 0.222. The summed E-state index contributed by atoms with van der Waals surface area (Å²) in [6.45, 7) is 1.47. The number of hydrogen-bond acceptors (Lipinski definition) is 5. The van der Waals surface area contributed by atoms with Gasteiger partial charge in [-0.1, -0.05) is 29.3 Å². The molecule has 8 nitrogen and oxygen atoms in total. The van der Waals surface area contributed by atoms with Crippen LogP contribution in [0.3, 0.4) is 0 Å². The van der Waals surface area contributed by atoms with Crippen LogP contribution in [0.1, 0.15) is 17.3 Å². The Morgan fingerprint density at radius 1 is 1.07 bits per heavy atom. The largest absolute Gasteiger partial charge is 0.479 e.